The maximum absolute atomic E-state index is 10.4. The standard InChI is InChI=1S/C5H8N2O.2C4H6N2O.2C4H5NO2.C4H5NOS.C2H4N4.C2H4N2O2S/c1-4-3-5(8)6-7(4)2;1-4-2-5-3-6(4)7;1-4-2-3-5-6(4)7;1-3-2-5-7-4(3)6;2*1-3-2-4(6)5-7-3;1-2-3-5-6-4-2;1-2-3-6-7(5)4-2/h3H,1-2H3,(H,6,8);2*2-3,7H,1H3;2,5H,1H3;2*2H,1H3,(H,5,6);1H3,(H,3,4,5,6);1H3,(H,3,4). The molecule has 0 fully saturated rings. The average molecular weight is 826 g/mol. The molecule has 1 atom stereocenters. The van der Waals surface area contributed by atoms with Crippen LogP contribution in [0.5, 0.6) is 0 Å². The number of imidazole rings is 1. The first-order chi connectivity index (χ1) is 26.4. The molecule has 25 nitrogen and oxygen atoms in total. The van der Waals surface area contributed by atoms with E-state index < -0.39 is 11.3 Å². The molecule has 56 heavy (non-hydrogen) atoms. The van der Waals surface area contributed by atoms with E-state index in [0.29, 0.717) is 23.0 Å². The number of rotatable bonds is 0. The van der Waals surface area contributed by atoms with Crippen LogP contribution in [0.4, 0.5) is 0 Å². The Hall–Kier alpha value is -6.87. The van der Waals surface area contributed by atoms with Gasteiger partial charge in [0, 0.05) is 42.0 Å². The highest BCUT2D eigenvalue weighted by atomic mass is 32.2. The number of hydroxylamine groups is 1. The molecule has 1 unspecified atom stereocenters. The second-order valence-electron chi connectivity index (χ2n) is 10.6. The number of aryl methyl sites for hydroxylation is 8. The van der Waals surface area contributed by atoms with Crippen LogP contribution in [-0.4, -0.2) is 85.2 Å². The summed E-state index contributed by atoms with van der Waals surface area (Å²) in [4.78, 5) is 46.5. The van der Waals surface area contributed by atoms with Gasteiger partial charge in [0.1, 0.15) is 17.9 Å². The summed E-state index contributed by atoms with van der Waals surface area (Å²) in [6, 6.07) is 6.24. The quantitative estimate of drug-likeness (QED) is 0.0996. The van der Waals surface area contributed by atoms with Gasteiger partial charge in [0.15, 0.2) is 5.82 Å². The second-order valence-corrected chi connectivity index (χ2v) is 12.4. The SMILES string of the molecule is CC1=NS(=O)ON1.Cc1c[nH]oc1=O.Cc1cc(=O)[nH]n1C.Cc1cc(=O)[nH]o1.Cc1cc(=O)[nH]s1.Cc1ccnn1O.Cc1cncn1O.Cc1nn[nH]n1. The average Bonchev–Trinajstić information content (AvgIpc) is 4.03. The van der Waals surface area contributed by atoms with Gasteiger partial charge in [-0.3, -0.25) is 28.5 Å². The minimum absolute atomic E-state index is 0.00231. The number of aromatic amines is 5. The molecule has 306 valence electrons. The summed E-state index contributed by atoms with van der Waals surface area (Å²) >= 11 is -0.109. The number of aromatic nitrogens is 13. The Labute approximate surface area is 322 Å². The van der Waals surface area contributed by atoms with Crippen LogP contribution in [0.15, 0.2) is 81.8 Å². The van der Waals surface area contributed by atoms with Crippen molar-refractivity contribution in [1.82, 2.24) is 70.2 Å². The summed E-state index contributed by atoms with van der Waals surface area (Å²) < 4.78 is 31.8. The number of amidine groups is 1. The van der Waals surface area contributed by atoms with E-state index >= 15 is 0 Å². The van der Waals surface area contributed by atoms with Crippen molar-refractivity contribution in [2.24, 2.45) is 11.4 Å². The van der Waals surface area contributed by atoms with Gasteiger partial charge in [-0.2, -0.15) is 19.4 Å². The lowest BCUT2D eigenvalue weighted by atomic mass is 10.4. The third kappa shape index (κ3) is 21.0. The number of hydrogen-bond acceptors (Lipinski definition) is 17. The van der Waals surface area contributed by atoms with Crippen molar-refractivity contribution in [1.29, 1.82) is 0 Å². The van der Waals surface area contributed by atoms with Gasteiger partial charge < -0.3 is 19.5 Å². The Kier molecular flexibility index (Phi) is 21.2. The summed E-state index contributed by atoms with van der Waals surface area (Å²) in [6.45, 7) is 14.1. The lowest BCUT2D eigenvalue weighted by Gasteiger charge is -1.89. The van der Waals surface area contributed by atoms with Gasteiger partial charge in [-0.1, -0.05) is 16.7 Å². The zero-order valence-corrected chi connectivity index (χ0v) is 33.3. The number of H-pyrrole nitrogens is 5. The van der Waals surface area contributed by atoms with E-state index in [1.54, 1.807) is 77.7 Å². The summed E-state index contributed by atoms with van der Waals surface area (Å²) in [7, 11) is 1.80. The lowest BCUT2D eigenvalue weighted by molar-refractivity contribution is 0.142. The van der Waals surface area contributed by atoms with E-state index in [9.17, 15) is 23.4 Å². The number of hydrogen-bond donors (Lipinski definition) is 8. The van der Waals surface area contributed by atoms with Crippen LogP contribution in [-0.2, 0) is 22.6 Å². The first-order valence-corrected chi connectivity index (χ1v) is 17.4. The Morgan fingerprint density at radius 2 is 1.59 bits per heavy atom. The highest BCUT2D eigenvalue weighted by molar-refractivity contribution is 7.79. The van der Waals surface area contributed by atoms with E-state index in [-0.39, 0.29) is 22.3 Å². The fourth-order valence-corrected chi connectivity index (χ4v) is 3.78. The van der Waals surface area contributed by atoms with E-state index in [1.165, 1.54) is 36.3 Å². The Morgan fingerprint density at radius 3 is 1.73 bits per heavy atom. The number of nitrogens with zero attached hydrogens (tertiary/aromatic N) is 9. The van der Waals surface area contributed by atoms with Gasteiger partial charge in [0.2, 0.25) is 0 Å². The number of nitrogens with one attached hydrogen (secondary N) is 6. The monoisotopic (exact) mass is 825 g/mol. The Morgan fingerprint density at radius 1 is 0.875 bits per heavy atom. The molecule has 8 rings (SSSR count). The van der Waals surface area contributed by atoms with Crippen LogP contribution >= 0.6 is 11.5 Å². The summed E-state index contributed by atoms with van der Waals surface area (Å²) in [5.74, 6) is 1.85. The highest BCUT2D eigenvalue weighted by Gasteiger charge is 2.06. The topological polar surface area (TPSA) is 344 Å². The largest absolute Gasteiger partial charge is 0.427 e. The fraction of sp³-hybridized carbons (Fsp3) is 0.310. The normalized spacial score (nSPS) is 11.8. The van der Waals surface area contributed by atoms with E-state index in [0.717, 1.165) is 31.5 Å². The van der Waals surface area contributed by atoms with Crippen molar-refractivity contribution >= 4 is 28.6 Å². The van der Waals surface area contributed by atoms with Crippen molar-refractivity contribution in [3.8, 4) is 0 Å². The van der Waals surface area contributed by atoms with Crippen LogP contribution < -0.4 is 27.8 Å². The fourth-order valence-electron chi connectivity index (χ4n) is 2.81. The third-order valence-electron chi connectivity index (χ3n) is 5.72. The lowest BCUT2D eigenvalue weighted by Crippen LogP contribution is -2.11. The van der Waals surface area contributed by atoms with Gasteiger partial charge in [-0.25, -0.2) is 24.6 Å². The maximum atomic E-state index is 10.4. The Balaban J connectivity index is 0.000000320. The molecule has 0 radical (unpaired) electrons. The van der Waals surface area contributed by atoms with E-state index in [4.69, 9.17) is 10.4 Å². The highest BCUT2D eigenvalue weighted by Crippen LogP contribution is 1.94. The van der Waals surface area contributed by atoms with Gasteiger partial charge in [0.25, 0.3) is 16.7 Å². The molecule has 0 saturated carbocycles. The van der Waals surface area contributed by atoms with Crippen molar-refractivity contribution in [2.75, 3.05) is 0 Å². The van der Waals surface area contributed by atoms with E-state index in [1.807, 2.05) is 13.8 Å². The molecule has 0 spiro atoms. The van der Waals surface area contributed by atoms with Crippen LogP contribution in [0.2, 0.25) is 0 Å². The van der Waals surface area contributed by atoms with E-state index in [2.05, 4.69) is 73.7 Å². The molecule has 7 aromatic heterocycles. The minimum atomic E-state index is -1.48. The van der Waals surface area contributed by atoms with Crippen molar-refractivity contribution in [3.05, 3.63) is 130 Å². The molecule has 0 bridgehead atoms. The zero-order chi connectivity index (χ0) is 42.2. The number of tetrazole rings is 1. The zero-order valence-electron chi connectivity index (χ0n) is 31.6. The molecule has 8 N–H and O–H groups in total. The first kappa shape index (κ1) is 47.2. The molecule has 0 aliphatic carbocycles. The van der Waals surface area contributed by atoms with Gasteiger partial charge in [-0.15, -0.1) is 24.5 Å². The van der Waals surface area contributed by atoms with Gasteiger partial charge in [-0.05, 0) is 61.5 Å². The van der Waals surface area contributed by atoms with Gasteiger partial charge in [0.05, 0.1) is 29.3 Å². The Bertz CT molecular complexity index is 2240. The molecule has 27 heteroatoms. The summed E-state index contributed by atoms with van der Waals surface area (Å²) in [6.07, 6.45) is 5.98. The van der Waals surface area contributed by atoms with Crippen molar-refractivity contribution in [2.45, 2.75) is 55.4 Å². The molecule has 1 aliphatic heterocycles. The third-order valence-corrected chi connectivity index (χ3v) is 7.11. The molecular formula is C29H43N15O10S2. The van der Waals surface area contributed by atoms with Crippen molar-refractivity contribution in [3.63, 3.8) is 0 Å². The van der Waals surface area contributed by atoms with Crippen LogP contribution in [0, 0.1) is 48.5 Å². The summed E-state index contributed by atoms with van der Waals surface area (Å²) in [5, 5.41) is 40.4. The summed E-state index contributed by atoms with van der Waals surface area (Å²) in [5.41, 5.74) is 4.87. The maximum Gasteiger partial charge on any atom is 0.360 e. The van der Waals surface area contributed by atoms with Crippen LogP contribution in [0.3, 0.4) is 0 Å². The molecule has 0 saturated heterocycles. The first-order valence-electron chi connectivity index (χ1n) is 15.5. The molecule has 0 amide bonds. The molecule has 8 heterocycles. The molecular weight excluding hydrogens is 783 g/mol. The molecule has 7 aromatic rings. The second kappa shape index (κ2) is 25.2. The van der Waals surface area contributed by atoms with Crippen LogP contribution in [0.25, 0.3) is 0 Å². The molecule has 0 aromatic carbocycles. The molecule has 1 aliphatic rings. The van der Waals surface area contributed by atoms with Crippen molar-refractivity contribution < 1.29 is 28.0 Å². The smallest absolute Gasteiger partial charge is 0.360 e. The minimum Gasteiger partial charge on any atom is -0.427 e. The van der Waals surface area contributed by atoms with Gasteiger partial charge >= 0.3 is 16.9 Å². The predicted molar refractivity (Wildman–Crippen MR) is 201 cm³/mol. The predicted octanol–water partition coefficient (Wildman–Crippen LogP) is 1.20. The van der Waals surface area contributed by atoms with Crippen LogP contribution in [0.1, 0.15) is 46.0 Å².